The lowest BCUT2D eigenvalue weighted by molar-refractivity contribution is 0.222. The van der Waals surface area contributed by atoms with Gasteiger partial charge in [-0.2, -0.15) is 4.31 Å². The molecule has 1 fully saturated rings. The number of hydrogen-bond donors (Lipinski definition) is 0. The maximum atomic E-state index is 12.5. The Balaban J connectivity index is 2.27. The summed E-state index contributed by atoms with van der Waals surface area (Å²) in [6, 6.07) is 4.71. The third-order valence-corrected chi connectivity index (χ3v) is 5.80. The fraction of sp³-hybridized carbons (Fsp3) is 0.500. The van der Waals surface area contributed by atoms with E-state index in [0.717, 1.165) is 18.7 Å². The third kappa shape index (κ3) is 3.23. The van der Waals surface area contributed by atoms with Gasteiger partial charge in [0.05, 0.1) is 4.90 Å². The first-order valence-corrected chi connectivity index (χ1v) is 8.33. The maximum Gasteiger partial charge on any atom is 0.243 e. The largest absolute Gasteiger partial charge is 0.304 e. The third-order valence-electron chi connectivity index (χ3n) is 3.27. The highest BCUT2D eigenvalue weighted by molar-refractivity contribution is 7.89. The van der Waals surface area contributed by atoms with Gasteiger partial charge in [-0.1, -0.05) is 17.7 Å². The quantitative estimate of drug-likeness (QED) is 0.799. The second kappa shape index (κ2) is 5.97. The van der Waals surface area contributed by atoms with Gasteiger partial charge in [0, 0.05) is 37.1 Å². The molecule has 0 bridgehead atoms. The van der Waals surface area contributed by atoms with Crippen molar-refractivity contribution >= 4 is 33.2 Å². The standard InChI is InChI=1S/C12H16Cl2N2O2S/c1-15-4-6-16(7-5-15)19(17,18)11-3-2-10(9-13)12(14)8-11/h2-3,8H,4-7,9H2,1H3. The molecule has 0 amide bonds. The molecule has 0 radical (unpaired) electrons. The number of nitrogens with zero attached hydrogens (tertiary/aromatic N) is 2. The van der Waals surface area contributed by atoms with E-state index in [4.69, 9.17) is 23.2 Å². The molecule has 0 aromatic heterocycles. The molecule has 1 heterocycles. The van der Waals surface area contributed by atoms with E-state index >= 15 is 0 Å². The average molecular weight is 323 g/mol. The Morgan fingerprint density at radius 1 is 1.21 bits per heavy atom. The molecule has 1 aromatic rings. The van der Waals surface area contributed by atoms with Crippen molar-refractivity contribution in [2.45, 2.75) is 10.8 Å². The number of piperazine rings is 1. The minimum absolute atomic E-state index is 0.232. The normalized spacial score (nSPS) is 18.7. The van der Waals surface area contributed by atoms with Crippen LogP contribution in [0.3, 0.4) is 0 Å². The predicted octanol–water partition coefficient (Wildman–Crippen LogP) is 2.01. The van der Waals surface area contributed by atoms with Crippen molar-refractivity contribution in [3.8, 4) is 0 Å². The summed E-state index contributed by atoms with van der Waals surface area (Å²) in [5.74, 6) is 0.271. The average Bonchev–Trinajstić information content (AvgIpc) is 2.39. The van der Waals surface area contributed by atoms with E-state index in [1.54, 1.807) is 12.1 Å². The molecule has 106 valence electrons. The van der Waals surface area contributed by atoms with E-state index < -0.39 is 10.0 Å². The molecule has 0 N–H and O–H groups in total. The number of hydrogen-bond acceptors (Lipinski definition) is 3. The number of alkyl halides is 1. The van der Waals surface area contributed by atoms with Crippen molar-refractivity contribution in [2.75, 3.05) is 33.2 Å². The van der Waals surface area contributed by atoms with Gasteiger partial charge in [-0.3, -0.25) is 0 Å². The minimum atomic E-state index is -3.45. The van der Waals surface area contributed by atoms with Gasteiger partial charge < -0.3 is 4.90 Å². The molecular formula is C12H16Cl2N2O2S. The molecule has 1 aliphatic rings. The van der Waals surface area contributed by atoms with Crippen LogP contribution in [0, 0.1) is 0 Å². The summed E-state index contributed by atoms with van der Waals surface area (Å²) >= 11 is 11.7. The Bertz CT molecular complexity index is 555. The van der Waals surface area contributed by atoms with Gasteiger partial charge in [0.15, 0.2) is 0 Å². The molecule has 0 aliphatic carbocycles. The maximum absolute atomic E-state index is 12.5. The minimum Gasteiger partial charge on any atom is -0.304 e. The molecule has 7 heteroatoms. The Morgan fingerprint density at radius 2 is 1.84 bits per heavy atom. The highest BCUT2D eigenvalue weighted by Crippen LogP contribution is 2.24. The van der Waals surface area contributed by atoms with Crippen LogP contribution >= 0.6 is 23.2 Å². The van der Waals surface area contributed by atoms with Crippen molar-refractivity contribution in [1.82, 2.24) is 9.21 Å². The van der Waals surface area contributed by atoms with Gasteiger partial charge in [0.2, 0.25) is 10.0 Å². The number of sulfonamides is 1. The van der Waals surface area contributed by atoms with Crippen LogP contribution in [-0.4, -0.2) is 50.8 Å². The topological polar surface area (TPSA) is 40.6 Å². The van der Waals surface area contributed by atoms with E-state index in [-0.39, 0.29) is 10.8 Å². The highest BCUT2D eigenvalue weighted by Gasteiger charge is 2.27. The van der Waals surface area contributed by atoms with Crippen LogP contribution in [0.2, 0.25) is 5.02 Å². The van der Waals surface area contributed by atoms with Gasteiger partial charge in [-0.15, -0.1) is 11.6 Å². The Morgan fingerprint density at radius 3 is 2.37 bits per heavy atom. The molecule has 0 unspecified atom stereocenters. The number of halogens is 2. The summed E-state index contributed by atoms with van der Waals surface area (Å²) in [5, 5.41) is 0.394. The number of likely N-dealkylation sites (N-methyl/N-ethyl adjacent to an activating group) is 1. The lowest BCUT2D eigenvalue weighted by atomic mass is 10.2. The van der Waals surface area contributed by atoms with Gasteiger partial charge in [0.1, 0.15) is 0 Å². The SMILES string of the molecule is CN1CCN(S(=O)(=O)c2ccc(CCl)c(Cl)c2)CC1. The number of rotatable bonds is 3. The second-order valence-corrected chi connectivity index (χ2v) is 7.21. The van der Waals surface area contributed by atoms with Crippen LogP contribution in [0.1, 0.15) is 5.56 Å². The van der Waals surface area contributed by atoms with E-state index in [2.05, 4.69) is 4.90 Å². The van der Waals surface area contributed by atoms with Crippen LogP contribution < -0.4 is 0 Å². The van der Waals surface area contributed by atoms with E-state index in [1.165, 1.54) is 10.4 Å². The van der Waals surface area contributed by atoms with Crippen LogP contribution in [0.4, 0.5) is 0 Å². The van der Waals surface area contributed by atoms with Crippen molar-refractivity contribution in [1.29, 1.82) is 0 Å². The summed E-state index contributed by atoms with van der Waals surface area (Å²) in [6.45, 7) is 2.50. The van der Waals surface area contributed by atoms with Crippen molar-refractivity contribution < 1.29 is 8.42 Å². The Hall–Kier alpha value is -0.330. The molecule has 0 saturated carbocycles. The highest BCUT2D eigenvalue weighted by atomic mass is 35.5. The lowest BCUT2D eigenvalue weighted by Crippen LogP contribution is -2.47. The summed E-state index contributed by atoms with van der Waals surface area (Å²) in [4.78, 5) is 2.34. The van der Waals surface area contributed by atoms with Crippen LogP contribution in [0.15, 0.2) is 23.1 Å². The summed E-state index contributed by atoms with van der Waals surface area (Å²) < 4.78 is 26.4. The summed E-state index contributed by atoms with van der Waals surface area (Å²) in [5.41, 5.74) is 0.737. The van der Waals surface area contributed by atoms with Crippen molar-refractivity contribution in [2.24, 2.45) is 0 Å². The van der Waals surface area contributed by atoms with Crippen LogP contribution in [-0.2, 0) is 15.9 Å². The molecule has 1 saturated heterocycles. The zero-order valence-electron chi connectivity index (χ0n) is 10.6. The monoisotopic (exact) mass is 322 g/mol. The van der Waals surface area contributed by atoms with Gasteiger partial charge in [-0.25, -0.2) is 8.42 Å². The van der Waals surface area contributed by atoms with Gasteiger partial charge in [-0.05, 0) is 24.7 Å². The van der Waals surface area contributed by atoms with E-state index in [1.807, 2.05) is 7.05 Å². The molecule has 1 aromatic carbocycles. The molecule has 0 atom stereocenters. The van der Waals surface area contributed by atoms with Crippen LogP contribution in [0.5, 0.6) is 0 Å². The first-order valence-electron chi connectivity index (χ1n) is 5.98. The van der Waals surface area contributed by atoms with Gasteiger partial charge >= 0.3 is 0 Å². The van der Waals surface area contributed by atoms with Gasteiger partial charge in [0.25, 0.3) is 0 Å². The fourth-order valence-corrected chi connectivity index (χ4v) is 4.04. The number of benzene rings is 1. The fourth-order valence-electron chi connectivity index (χ4n) is 1.97. The van der Waals surface area contributed by atoms with Crippen molar-refractivity contribution in [3.05, 3.63) is 28.8 Å². The molecule has 2 rings (SSSR count). The molecule has 4 nitrogen and oxygen atoms in total. The Kier molecular flexibility index (Phi) is 4.74. The first kappa shape index (κ1) is 15.1. The Labute approximate surface area is 124 Å². The van der Waals surface area contributed by atoms with Crippen molar-refractivity contribution in [3.63, 3.8) is 0 Å². The lowest BCUT2D eigenvalue weighted by Gasteiger charge is -2.31. The zero-order chi connectivity index (χ0) is 14.0. The van der Waals surface area contributed by atoms with E-state index in [9.17, 15) is 8.42 Å². The predicted molar refractivity (Wildman–Crippen MR) is 77.3 cm³/mol. The summed E-state index contributed by atoms with van der Waals surface area (Å²) in [6.07, 6.45) is 0. The molecule has 19 heavy (non-hydrogen) atoms. The second-order valence-electron chi connectivity index (χ2n) is 4.59. The summed E-state index contributed by atoms with van der Waals surface area (Å²) in [7, 11) is -1.47. The smallest absolute Gasteiger partial charge is 0.243 e. The molecule has 1 aliphatic heterocycles. The molecule has 0 spiro atoms. The molecular weight excluding hydrogens is 307 g/mol. The first-order chi connectivity index (χ1) is 8.95. The van der Waals surface area contributed by atoms with E-state index in [0.29, 0.717) is 18.1 Å². The van der Waals surface area contributed by atoms with Crippen LogP contribution in [0.25, 0.3) is 0 Å². The zero-order valence-corrected chi connectivity index (χ0v) is 13.0.